The van der Waals surface area contributed by atoms with E-state index in [1.54, 1.807) is 12.1 Å². The molecule has 0 unspecified atom stereocenters. The minimum atomic E-state index is -1.55. The number of rotatable bonds is 4. The smallest absolute Gasteiger partial charge is 0.455 e. The van der Waals surface area contributed by atoms with E-state index < -0.39 is 7.12 Å². The number of para-hydroxylation sites is 1. The molecule has 0 spiro atoms. The van der Waals surface area contributed by atoms with Crippen LogP contribution >= 0.6 is 0 Å². The maximum atomic E-state index is 9.76. The standard InChI is InChI=1S/C24H21BO3.C2H6/c1-3-8-16(4-2)17-9-5-10-18(15-17)19-11-6-12-20-23-21(25(26)27)13-7-14-22(23)28-24(19)20;1-2/h3-15,26-27H,1-2H3;1-2H3/b8-3-,16-4+;. The number of allylic oxidation sites excluding steroid dienone is 4. The molecule has 1 aromatic heterocycles. The fourth-order valence-electron chi connectivity index (χ4n) is 3.72. The Labute approximate surface area is 178 Å². The fraction of sp³-hybridized carbons (Fsp3) is 0.154. The first-order chi connectivity index (χ1) is 14.6. The first kappa shape index (κ1) is 21.6. The Bertz CT molecular complexity index is 1220. The summed E-state index contributed by atoms with van der Waals surface area (Å²) in [5, 5.41) is 21.1. The summed E-state index contributed by atoms with van der Waals surface area (Å²) in [7, 11) is -1.55. The zero-order valence-electron chi connectivity index (χ0n) is 17.9. The van der Waals surface area contributed by atoms with Crippen LogP contribution in [-0.4, -0.2) is 17.2 Å². The van der Waals surface area contributed by atoms with Gasteiger partial charge in [0.15, 0.2) is 0 Å². The summed E-state index contributed by atoms with van der Waals surface area (Å²) < 4.78 is 6.15. The van der Waals surface area contributed by atoms with E-state index in [1.807, 2.05) is 64.1 Å². The molecule has 0 saturated heterocycles. The van der Waals surface area contributed by atoms with Crippen LogP contribution in [0.4, 0.5) is 0 Å². The Morgan fingerprint density at radius 1 is 0.933 bits per heavy atom. The van der Waals surface area contributed by atoms with Crippen LogP contribution in [-0.2, 0) is 0 Å². The molecule has 0 fully saturated rings. The second-order valence-corrected chi connectivity index (χ2v) is 6.70. The molecule has 4 rings (SSSR count). The Balaban J connectivity index is 0.00000124. The molecule has 4 aromatic rings. The minimum Gasteiger partial charge on any atom is -0.455 e. The van der Waals surface area contributed by atoms with Gasteiger partial charge < -0.3 is 14.5 Å². The van der Waals surface area contributed by atoms with Gasteiger partial charge in [0.05, 0.1) is 0 Å². The van der Waals surface area contributed by atoms with Gasteiger partial charge >= 0.3 is 7.12 Å². The van der Waals surface area contributed by atoms with Gasteiger partial charge in [0.25, 0.3) is 0 Å². The first-order valence-corrected chi connectivity index (χ1v) is 10.3. The quantitative estimate of drug-likeness (QED) is 0.331. The third-order valence-electron chi connectivity index (χ3n) is 5.00. The number of hydrogen-bond donors (Lipinski definition) is 2. The van der Waals surface area contributed by atoms with Gasteiger partial charge in [-0.3, -0.25) is 0 Å². The predicted octanol–water partition coefficient (Wildman–Crippen LogP) is 5.94. The monoisotopic (exact) mass is 398 g/mol. The lowest BCUT2D eigenvalue weighted by atomic mass is 9.77. The molecule has 0 saturated carbocycles. The van der Waals surface area contributed by atoms with Crippen molar-refractivity contribution in [3.05, 3.63) is 84.5 Å². The van der Waals surface area contributed by atoms with E-state index >= 15 is 0 Å². The number of hydrogen-bond acceptors (Lipinski definition) is 3. The number of fused-ring (bicyclic) bond motifs is 3. The van der Waals surface area contributed by atoms with Crippen LogP contribution in [0, 0.1) is 0 Å². The lowest BCUT2D eigenvalue weighted by Gasteiger charge is -2.07. The highest BCUT2D eigenvalue weighted by atomic mass is 16.4. The zero-order chi connectivity index (χ0) is 21.7. The predicted molar refractivity (Wildman–Crippen MR) is 129 cm³/mol. The van der Waals surface area contributed by atoms with Crippen molar-refractivity contribution < 1.29 is 14.5 Å². The third kappa shape index (κ3) is 3.97. The summed E-state index contributed by atoms with van der Waals surface area (Å²) in [5.41, 5.74) is 6.17. The van der Waals surface area contributed by atoms with Crippen molar-refractivity contribution in [3.63, 3.8) is 0 Å². The molecule has 3 nitrogen and oxygen atoms in total. The fourth-order valence-corrected chi connectivity index (χ4v) is 3.72. The van der Waals surface area contributed by atoms with Gasteiger partial charge in [-0.15, -0.1) is 0 Å². The van der Waals surface area contributed by atoms with Crippen molar-refractivity contribution in [2.45, 2.75) is 27.7 Å². The van der Waals surface area contributed by atoms with E-state index in [-0.39, 0.29) is 0 Å². The Morgan fingerprint density at radius 3 is 2.37 bits per heavy atom. The van der Waals surface area contributed by atoms with Crippen LogP contribution in [0.5, 0.6) is 0 Å². The molecule has 0 amide bonds. The molecule has 30 heavy (non-hydrogen) atoms. The Morgan fingerprint density at radius 2 is 1.67 bits per heavy atom. The summed E-state index contributed by atoms with van der Waals surface area (Å²) in [4.78, 5) is 0. The average Bonchev–Trinajstić information content (AvgIpc) is 3.17. The summed E-state index contributed by atoms with van der Waals surface area (Å²) in [6.45, 7) is 8.04. The lowest BCUT2D eigenvalue weighted by Crippen LogP contribution is -2.30. The van der Waals surface area contributed by atoms with E-state index in [1.165, 1.54) is 0 Å². The van der Waals surface area contributed by atoms with Crippen LogP contribution < -0.4 is 5.46 Å². The van der Waals surface area contributed by atoms with Gasteiger partial charge in [-0.1, -0.05) is 80.6 Å². The summed E-state index contributed by atoms with van der Waals surface area (Å²) in [5.74, 6) is 0. The molecule has 0 radical (unpaired) electrons. The van der Waals surface area contributed by atoms with Crippen molar-refractivity contribution in [2.75, 3.05) is 0 Å². The van der Waals surface area contributed by atoms with Crippen molar-refractivity contribution in [3.8, 4) is 11.1 Å². The Kier molecular flexibility index (Phi) is 6.93. The second kappa shape index (κ2) is 9.62. The average molecular weight is 398 g/mol. The number of furan rings is 1. The van der Waals surface area contributed by atoms with E-state index in [2.05, 4.69) is 30.4 Å². The molecular formula is C26H27BO3. The highest BCUT2D eigenvalue weighted by molar-refractivity contribution is 6.62. The van der Waals surface area contributed by atoms with E-state index in [9.17, 15) is 10.0 Å². The van der Waals surface area contributed by atoms with Crippen LogP contribution in [0.25, 0.3) is 38.6 Å². The number of benzene rings is 3. The van der Waals surface area contributed by atoms with Crippen molar-refractivity contribution in [1.29, 1.82) is 0 Å². The molecule has 0 atom stereocenters. The van der Waals surface area contributed by atoms with Crippen LogP contribution in [0.15, 0.2) is 83.3 Å². The lowest BCUT2D eigenvalue weighted by molar-refractivity contribution is 0.426. The molecule has 0 aliphatic rings. The van der Waals surface area contributed by atoms with E-state index in [0.29, 0.717) is 11.0 Å². The SMILES string of the molecule is C/C=C\C(=C/C)c1cccc(-c2cccc3c2oc2cccc(B(O)O)c23)c1.CC. The first-order valence-electron chi connectivity index (χ1n) is 10.3. The van der Waals surface area contributed by atoms with Crippen LogP contribution in [0.2, 0.25) is 0 Å². The molecular weight excluding hydrogens is 371 g/mol. The van der Waals surface area contributed by atoms with Gasteiger partial charge in [0, 0.05) is 16.3 Å². The molecule has 1 heterocycles. The van der Waals surface area contributed by atoms with Crippen molar-refractivity contribution >= 4 is 40.1 Å². The third-order valence-corrected chi connectivity index (χ3v) is 5.00. The second-order valence-electron chi connectivity index (χ2n) is 6.70. The van der Waals surface area contributed by atoms with Crippen LogP contribution in [0.1, 0.15) is 33.3 Å². The van der Waals surface area contributed by atoms with Gasteiger partial charge in [0.2, 0.25) is 0 Å². The van der Waals surface area contributed by atoms with E-state index in [0.717, 1.165) is 38.6 Å². The largest absolute Gasteiger partial charge is 0.489 e. The normalized spacial score (nSPS) is 11.7. The maximum absolute atomic E-state index is 9.76. The molecule has 3 aromatic carbocycles. The highest BCUT2D eigenvalue weighted by Crippen LogP contribution is 2.36. The highest BCUT2D eigenvalue weighted by Gasteiger charge is 2.20. The minimum absolute atomic E-state index is 0.450. The van der Waals surface area contributed by atoms with Gasteiger partial charge in [-0.2, -0.15) is 0 Å². The summed E-state index contributed by atoms with van der Waals surface area (Å²) >= 11 is 0. The van der Waals surface area contributed by atoms with E-state index in [4.69, 9.17) is 4.42 Å². The van der Waals surface area contributed by atoms with Gasteiger partial charge in [0.1, 0.15) is 11.2 Å². The maximum Gasteiger partial charge on any atom is 0.489 e. The molecule has 2 N–H and O–H groups in total. The van der Waals surface area contributed by atoms with Crippen LogP contribution in [0.3, 0.4) is 0 Å². The van der Waals surface area contributed by atoms with Crippen molar-refractivity contribution in [2.24, 2.45) is 0 Å². The van der Waals surface area contributed by atoms with Gasteiger partial charge in [-0.05, 0) is 48.1 Å². The molecule has 0 aliphatic carbocycles. The molecule has 0 bridgehead atoms. The van der Waals surface area contributed by atoms with Gasteiger partial charge in [-0.25, -0.2) is 0 Å². The molecule has 0 aliphatic heterocycles. The zero-order valence-corrected chi connectivity index (χ0v) is 17.9. The summed E-state index contributed by atoms with van der Waals surface area (Å²) in [6.07, 6.45) is 6.22. The Hall–Kier alpha value is -3.08. The topological polar surface area (TPSA) is 53.6 Å². The summed E-state index contributed by atoms with van der Waals surface area (Å²) in [6, 6.07) is 19.7. The molecule has 152 valence electrons. The van der Waals surface area contributed by atoms with Crippen molar-refractivity contribution in [1.82, 2.24) is 0 Å². The molecule has 4 heteroatoms.